The highest BCUT2D eigenvalue weighted by atomic mass is 32.2. The summed E-state index contributed by atoms with van der Waals surface area (Å²) in [6.07, 6.45) is 10.2. The van der Waals surface area contributed by atoms with E-state index in [1.165, 1.54) is 6.26 Å². The fourth-order valence-corrected chi connectivity index (χ4v) is 5.07. The first kappa shape index (κ1) is 16.4. The van der Waals surface area contributed by atoms with Crippen LogP contribution in [0, 0.1) is 0 Å². The number of anilines is 1. The largest absolute Gasteiger partial charge is 0.368 e. The highest BCUT2D eigenvalue weighted by Gasteiger charge is 2.46. The second-order valence-electron chi connectivity index (χ2n) is 7.07. The van der Waals surface area contributed by atoms with Crippen LogP contribution in [0.25, 0.3) is 11.4 Å². The Labute approximate surface area is 148 Å². The van der Waals surface area contributed by atoms with Gasteiger partial charge in [-0.25, -0.2) is 18.4 Å². The molecule has 132 valence electrons. The Bertz CT molecular complexity index is 893. The van der Waals surface area contributed by atoms with E-state index in [-0.39, 0.29) is 0 Å². The molecule has 2 aromatic rings. The van der Waals surface area contributed by atoms with Crippen molar-refractivity contribution in [3.63, 3.8) is 0 Å². The van der Waals surface area contributed by atoms with E-state index in [4.69, 9.17) is 9.97 Å². The van der Waals surface area contributed by atoms with E-state index >= 15 is 0 Å². The van der Waals surface area contributed by atoms with Gasteiger partial charge in [0.2, 0.25) is 0 Å². The topological polar surface area (TPSA) is 84.8 Å². The molecule has 2 aliphatic carbocycles. The van der Waals surface area contributed by atoms with E-state index in [9.17, 15) is 8.42 Å². The summed E-state index contributed by atoms with van der Waals surface area (Å²) in [5.74, 6) is 1.47. The molecular formula is C18H22N4O2S. The molecule has 25 heavy (non-hydrogen) atoms. The van der Waals surface area contributed by atoms with Crippen molar-refractivity contribution in [1.82, 2.24) is 15.0 Å². The zero-order chi connectivity index (χ0) is 17.5. The fraction of sp³-hybridized carbons (Fsp3) is 0.500. The molecule has 0 aliphatic heterocycles. The van der Waals surface area contributed by atoms with Crippen molar-refractivity contribution in [2.45, 2.75) is 43.3 Å². The standard InChI is InChI=1S/C18H22N4O2S/c1-25(23,24)18(8-3-9-18)12-20-17-14-4-2-5-15(14)21-16(22-17)13-6-10-19-11-7-13/h6-7,10-11H,2-5,8-9,12H2,1H3,(H,20,21,22). The van der Waals surface area contributed by atoms with Crippen LogP contribution in [0.2, 0.25) is 0 Å². The molecular weight excluding hydrogens is 336 g/mol. The first-order valence-corrected chi connectivity index (χ1v) is 10.6. The lowest BCUT2D eigenvalue weighted by molar-refractivity contribution is 0.353. The van der Waals surface area contributed by atoms with Crippen molar-refractivity contribution >= 4 is 15.7 Å². The van der Waals surface area contributed by atoms with Gasteiger partial charge in [0.05, 0.1) is 4.75 Å². The Morgan fingerprint density at radius 2 is 1.88 bits per heavy atom. The Morgan fingerprint density at radius 1 is 1.12 bits per heavy atom. The maximum Gasteiger partial charge on any atom is 0.161 e. The zero-order valence-corrected chi connectivity index (χ0v) is 15.1. The number of fused-ring (bicyclic) bond motifs is 1. The van der Waals surface area contributed by atoms with E-state index in [0.29, 0.717) is 12.4 Å². The number of rotatable bonds is 5. The van der Waals surface area contributed by atoms with Gasteiger partial charge >= 0.3 is 0 Å². The number of sulfone groups is 1. The van der Waals surface area contributed by atoms with E-state index in [0.717, 1.165) is 61.2 Å². The number of hydrogen-bond acceptors (Lipinski definition) is 6. The molecule has 0 spiro atoms. The molecule has 2 heterocycles. The minimum absolute atomic E-state index is 0.422. The molecule has 4 rings (SSSR count). The Kier molecular flexibility index (Phi) is 3.98. The first-order chi connectivity index (χ1) is 12.0. The zero-order valence-electron chi connectivity index (χ0n) is 14.3. The van der Waals surface area contributed by atoms with Crippen molar-refractivity contribution in [2.24, 2.45) is 0 Å². The monoisotopic (exact) mass is 358 g/mol. The summed E-state index contributed by atoms with van der Waals surface area (Å²) in [7, 11) is -3.09. The first-order valence-electron chi connectivity index (χ1n) is 8.72. The van der Waals surface area contributed by atoms with Gasteiger partial charge in [0.1, 0.15) is 5.82 Å². The lowest BCUT2D eigenvalue weighted by atomic mass is 9.84. The van der Waals surface area contributed by atoms with Crippen LogP contribution in [0.5, 0.6) is 0 Å². The average Bonchev–Trinajstić information content (AvgIpc) is 3.01. The summed E-state index contributed by atoms with van der Waals surface area (Å²) in [5, 5.41) is 3.36. The van der Waals surface area contributed by atoms with Gasteiger partial charge in [0.25, 0.3) is 0 Å². The lowest BCUT2D eigenvalue weighted by Gasteiger charge is -2.40. The van der Waals surface area contributed by atoms with Crippen molar-refractivity contribution < 1.29 is 8.42 Å². The van der Waals surface area contributed by atoms with Crippen molar-refractivity contribution in [2.75, 3.05) is 18.1 Å². The van der Waals surface area contributed by atoms with Crippen molar-refractivity contribution in [3.05, 3.63) is 35.8 Å². The predicted molar refractivity (Wildman–Crippen MR) is 97.2 cm³/mol. The molecule has 1 N–H and O–H groups in total. The molecule has 0 saturated heterocycles. The van der Waals surface area contributed by atoms with Crippen LogP contribution in [0.4, 0.5) is 5.82 Å². The third kappa shape index (κ3) is 2.90. The van der Waals surface area contributed by atoms with Gasteiger partial charge in [0.15, 0.2) is 15.7 Å². The highest BCUT2D eigenvalue weighted by Crippen LogP contribution is 2.39. The van der Waals surface area contributed by atoms with Crippen LogP contribution in [0.1, 0.15) is 36.9 Å². The van der Waals surface area contributed by atoms with Gasteiger partial charge in [0, 0.05) is 42.0 Å². The van der Waals surface area contributed by atoms with E-state index in [1.54, 1.807) is 12.4 Å². The van der Waals surface area contributed by atoms with E-state index in [2.05, 4.69) is 10.3 Å². The molecule has 1 fully saturated rings. The quantitative estimate of drug-likeness (QED) is 0.883. The van der Waals surface area contributed by atoms with Crippen molar-refractivity contribution in [1.29, 1.82) is 0 Å². The van der Waals surface area contributed by atoms with Crippen LogP contribution >= 0.6 is 0 Å². The molecule has 0 aromatic carbocycles. The molecule has 0 unspecified atom stereocenters. The SMILES string of the molecule is CS(=O)(=O)C1(CNc2nc(-c3ccncc3)nc3c2CCC3)CCC1. The summed E-state index contributed by atoms with van der Waals surface area (Å²) in [6, 6.07) is 3.79. The summed E-state index contributed by atoms with van der Waals surface area (Å²) < 4.78 is 23.8. The normalized spacial score (nSPS) is 18.4. The summed E-state index contributed by atoms with van der Waals surface area (Å²) in [4.78, 5) is 13.5. The molecule has 7 heteroatoms. The van der Waals surface area contributed by atoms with Crippen LogP contribution < -0.4 is 5.32 Å². The molecule has 6 nitrogen and oxygen atoms in total. The second-order valence-corrected chi connectivity index (χ2v) is 9.48. The fourth-order valence-electron chi connectivity index (χ4n) is 3.70. The molecule has 0 bridgehead atoms. The van der Waals surface area contributed by atoms with Crippen LogP contribution in [-0.4, -0.2) is 40.9 Å². The molecule has 0 atom stereocenters. The molecule has 2 aliphatic rings. The smallest absolute Gasteiger partial charge is 0.161 e. The van der Waals surface area contributed by atoms with Gasteiger partial charge in [-0.1, -0.05) is 6.42 Å². The minimum Gasteiger partial charge on any atom is -0.368 e. The van der Waals surface area contributed by atoms with Crippen LogP contribution in [-0.2, 0) is 22.7 Å². The summed E-state index contributed by atoms with van der Waals surface area (Å²) in [5.41, 5.74) is 3.14. The predicted octanol–water partition coefficient (Wildman–Crippen LogP) is 2.41. The highest BCUT2D eigenvalue weighted by molar-refractivity contribution is 7.92. The minimum atomic E-state index is -3.09. The third-order valence-corrected chi connectivity index (χ3v) is 7.63. The average molecular weight is 358 g/mol. The van der Waals surface area contributed by atoms with Gasteiger partial charge in [-0.05, 0) is 44.2 Å². The number of aryl methyl sites for hydroxylation is 1. The summed E-state index contributed by atoms with van der Waals surface area (Å²) >= 11 is 0. The lowest BCUT2D eigenvalue weighted by Crippen LogP contribution is -2.50. The van der Waals surface area contributed by atoms with Gasteiger partial charge in [-0.2, -0.15) is 0 Å². The number of nitrogens with one attached hydrogen (secondary N) is 1. The number of hydrogen-bond donors (Lipinski definition) is 1. The molecule has 2 aromatic heterocycles. The number of pyridine rings is 1. The van der Waals surface area contributed by atoms with Gasteiger partial charge < -0.3 is 5.32 Å². The second kappa shape index (κ2) is 6.05. The third-order valence-electron chi connectivity index (χ3n) is 5.50. The summed E-state index contributed by atoms with van der Waals surface area (Å²) in [6.45, 7) is 0.422. The number of aromatic nitrogens is 3. The molecule has 0 amide bonds. The molecule has 1 saturated carbocycles. The van der Waals surface area contributed by atoms with Gasteiger partial charge in [-0.3, -0.25) is 4.98 Å². The van der Waals surface area contributed by atoms with Gasteiger partial charge in [-0.15, -0.1) is 0 Å². The number of nitrogens with zero attached hydrogens (tertiary/aromatic N) is 3. The Balaban J connectivity index is 1.66. The Morgan fingerprint density at radius 3 is 2.52 bits per heavy atom. The van der Waals surface area contributed by atoms with Crippen LogP contribution in [0.3, 0.4) is 0 Å². The molecule has 0 radical (unpaired) electrons. The Hall–Kier alpha value is -2.02. The maximum atomic E-state index is 12.2. The van der Waals surface area contributed by atoms with E-state index < -0.39 is 14.6 Å². The maximum absolute atomic E-state index is 12.2. The van der Waals surface area contributed by atoms with Crippen LogP contribution in [0.15, 0.2) is 24.5 Å². The van der Waals surface area contributed by atoms with Crippen molar-refractivity contribution in [3.8, 4) is 11.4 Å². The van der Waals surface area contributed by atoms with E-state index in [1.807, 2.05) is 12.1 Å².